The van der Waals surface area contributed by atoms with Crippen LogP contribution in [0.4, 0.5) is 19.0 Å². The number of nitrogens with zero attached hydrogens (tertiary/aromatic N) is 2. The quantitative estimate of drug-likeness (QED) is 0.559. The highest BCUT2D eigenvalue weighted by Gasteiger charge is 2.59. The van der Waals surface area contributed by atoms with Gasteiger partial charge in [-0.05, 0) is 50.7 Å². The smallest absolute Gasteiger partial charge is 0.387 e. The van der Waals surface area contributed by atoms with E-state index in [1.807, 2.05) is 13.8 Å². The molecule has 0 unspecified atom stereocenters. The molecule has 4 rings (SSSR count). The van der Waals surface area contributed by atoms with Crippen LogP contribution < -0.4 is 15.8 Å². The summed E-state index contributed by atoms with van der Waals surface area (Å²) in [7, 11) is 0. The number of nitrogen functional groups attached to an aromatic ring is 1. The molecule has 6 nitrogen and oxygen atoms in total. The molecule has 2 heterocycles. The van der Waals surface area contributed by atoms with Gasteiger partial charge in [0.1, 0.15) is 6.17 Å². The molecule has 0 aromatic carbocycles. The maximum absolute atomic E-state index is 13.2. The summed E-state index contributed by atoms with van der Waals surface area (Å²) in [4.78, 5) is 6.12. The van der Waals surface area contributed by atoms with Gasteiger partial charge in [-0.2, -0.15) is 8.78 Å². The van der Waals surface area contributed by atoms with Gasteiger partial charge in [0.2, 0.25) is 0 Å². The number of fused-ring (bicyclic) bond motifs is 1. The number of nitrogens with one attached hydrogen (secondary N) is 2. The highest BCUT2D eigenvalue weighted by Crippen LogP contribution is 2.61. The van der Waals surface area contributed by atoms with Crippen LogP contribution in [0.15, 0.2) is 24.0 Å². The van der Waals surface area contributed by atoms with Gasteiger partial charge < -0.3 is 21.2 Å². The monoisotopic (exact) mass is 423 g/mol. The number of nitrogens with two attached hydrogens (primary N) is 1. The summed E-state index contributed by atoms with van der Waals surface area (Å²) >= 11 is 0. The van der Waals surface area contributed by atoms with Gasteiger partial charge in [-0.1, -0.05) is 0 Å². The first-order chi connectivity index (χ1) is 14.2. The lowest BCUT2D eigenvalue weighted by molar-refractivity contribution is -0.0495. The minimum Gasteiger partial charge on any atom is -0.431 e. The molecule has 4 atom stereocenters. The number of aromatic nitrogens is 1. The lowest BCUT2D eigenvalue weighted by atomic mass is 9.98. The number of alkyl halides is 3. The molecule has 0 bridgehead atoms. The second-order valence-corrected chi connectivity index (χ2v) is 8.83. The first-order valence-corrected chi connectivity index (χ1v) is 10.4. The summed E-state index contributed by atoms with van der Waals surface area (Å²) in [6, 6.07) is 1.99. The Morgan fingerprint density at radius 1 is 1.33 bits per heavy atom. The highest BCUT2D eigenvalue weighted by molar-refractivity contribution is 6.07. The lowest BCUT2D eigenvalue weighted by Crippen LogP contribution is -2.53. The van der Waals surface area contributed by atoms with E-state index in [9.17, 15) is 13.2 Å². The van der Waals surface area contributed by atoms with Crippen molar-refractivity contribution in [1.29, 1.82) is 5.41 Å². The third-order valence-corrected chi connectivity index (χ3v) is 6.32. The fraction of sp³-hybridized carbons (Fsp3) is 0.619. The Labute approximate surface area is 174 Å². The molecule has 0 radical (unpaired) electrons. The fourth-order valence-electron chi connectivity index (χ4n) is 4.92. The highest BCUT2D eigenvalue weighted by atomic mass is 19.3. The van der Waals surface area contributed by atoms with Crippen LogP contribution in [0.2, 0.25) is 0 Å². The summed E-state index contributed by atoms with van der Waals surface area (Å²) in [6.45, 7) is 2.18. The normalized spacial score (nSPS) is 29.1. The molecule has 1 aromatic rings. The van der Waals surface area contributed by atoms with E-state index in [0.717, 1.165) is 18.5 Å². The number of hydrogen-bond donors (Lipinski definition) is 3. The Bertz CT molecular complexity index is 828. The van der Waals surface area contributed by atoms with Crippen LogP contribution in [0.3, 0.4) is 0 Å². The Kier molecular flexibility index (Phi) is 5.65. The zero-order chi connectivity index (χ0) is 21.6. The molecule has 3 fully saturated rings. The average Bonchev–Trinajstić information content (AvgIpc) is 3.13. The van der Waals surface area contributed by atoms with E-state index in [2.05, 4.69) is 19.9 Å². The van der Waals surface area contributed by atoms with Crippen LogP contribution in [0.1, 0.15) is 32.3 Å². The second kappa shape index (κ2) is 8.09. The molecule has 164 valence electrons. The summed E-state index contributed by atoms with van der Waals surface area (Å²) < 4.78 is 42.7. The van der Waals surface area contributed by atoms with E-state index in [1.54, 1.807) is 6.08 Å². The first-order valence-electron chi connectivity index (χ1n) is 10.4. The SMILES string of the molecule is CC(C)N/C(=C\C(=N)c1cnc(N)c(OC(F)F)c1)[C@H]1[C@@H]2C[C@H](N3CC(F)C3)C[C@@H]21. The Morgan fingerprint density at radius 2 is 2.00 bits per heavy atom. The third kappa shape index (κ3) is 4.26. The van der Waals surface area contributed by atoms with Gasteiger partial charge in [-0.25, -0.2) is 9.37 Å². The molecule has 2 saturated carbocycles. The molecular formula is C21H28F3N5O. The van der Waals surface area contributed by atoms with Gasteiger partial charge in [0.15, 0.2) is 11.6 Å². The molecule has 1 aromatic heterocycles. The van der Waals surface area contributed by atoms with Crippen molar-refractivity contribution in [2.45, 2.75) is 51.6 Å². The van der Waals surface area contributed by atoms with E-state index in [4.69, 9.17) is 11.1 Å². The van der Waals surface area contributed by atoms with Crippen LogP contribution in [0.25, 0.3) is 0 Å². The molecular weight excluding hydrogens is 395 g/mol. The van der Waals surface area contributed by atoms with Crippen molar-refractivity contribution >= 4 is 11.5 Å². The molecule has 30 heavy (non-hydrogen) atoms. The number of halogens is 3. The van der Waals surface area contributed by atoms with Crippen molar-refractivity contribution in [1.82, 2.24) is 15.2 Å². The van der Waals surface area contributed by atoms with Gasteiger partial charge >= 0.3 is 6.61 Å². The summed E-state index contributed by atoms with van der Waals surface area (Å²) in [5.74, 6) is 1.07. The molecule has 4 N–H and O–H groups in total. The van der Waals surface area contributed by atoms with E-state index >= 15 is 0 Å². The van der Waals surface area contributed by atoms with Crippen molar-refractivity contribution in [3.8, 4) is 5.75 Å². The Balaban J connectivity index is 1.46. The predicted octanol–water partition coefficient (Wildman–Crippen LogP) is 3.19. The zero-order valence-corrected chi connectivity index (χ0v) is 17.1. The van der Waals surface area contributed by atoms with Gasteiger partial charge in [-0.15, -0.1) is 0 Å². The topological polar surface area (TPSA) is 87.3 Å². The number of anilines is 1. The molecule has 0 spiro atoms. The van der Waals surface area contributed by atoms with Crippen molar-refractivity contribution < 1.29 is 17.9 Å². The number of hydrogen-bond acceptors (Lipinski definition) is 6. The molecule has 9 heteroatoms. The van der Waals surface area contributed by atoms with Crippen LogP contribution >= 0.6 is 0 Å². The predicted molar refractivity (Wildman–Crippen MR) is 108 cm³/mol. The zero-order valence-electron chi connectivity index (χ0n) is 17.1. The first kappa shape index (κ1) is 21.0. The average molecular weight is 423 g/mol. The minimum atomic E-state index is -3.01. The van der Waals surface area contributed by atoms with Crippen molar-refractivity contribution in [3.05, 3.63) is 29.6 Å². The largest absolute Gasteiger partial charge is 0.431 e. The summed E-state index contributed by atoms with van der Waals surface area (Å²) in [5, 5.41) is 11.9. The maximum Gasteiger partial charge on any atom is 0.387 e. The van der Waals surface area contributed by atoms with Crippen LogP contribution in [-0.4, -0.2) is 53.6 Å². The number of ether oxygens (including phenoxy) is 1. The molecule has 3 aliphatic rings. The maximum atomic E-state index is 13.2. The Morgan fingerprint density at radius 3 is 2.57 bits per heavy atom. The lowest BCUT2D eigenvalue weighted by Gasteiger charge is -2.40. The van der Waals surface area contributed by atoms with Gasteiger partial charge in [-0.3, -0.25) is 4.90 Å². The fourth-order valence-corrected chi connectivity index (χ4v) is 4.92. The Hall–Kier alpha value is -2.29. The van der Waals surface area contributed by atoms with Gasteiger partial charge in [0, 0.05) is 48.5 Å². The summed E-state index contributed by atoms with van der Waals surface area (Å²) in [5.41, 5.74) is 7.11. The van der Waals surface area contributed by atoms with Crippen LogP contribution in [-0.2, 0) is 0 Å². The van der Waals surface area contributed by atoms with E-state index < -0.39 is 12.8 Å². The van der Waals surface area contributed by atoms with Crippen molar-refractivity contribution in [2.24, 2.45) is 17.8 Å². The standard InChI is InChI=1S/C21H28F3N5O/c1-10(2)28-17(19-14-4-13(5-15(14)19)29-8-12(22)9-29)6-16(25)11-3-18(30-21(23)24)20(26)27-7-11/h3,6-7,10,12-15,19,21,25,28H,4-5,8-9H2,1-2H3,(H2,26,27)/b17-6-,25-16?/t13-,14+,15-,19-. The number of rotatable bonds is 8. The van der Waals surface area contributed by atoms with E-state index in [-0.39, 0.29) is 23.3 Å². The second-order valence-electron chi connectivity index (χ2n) is 8.83. The molecule has 1 saturated heterocycles. The van der Waals surface area contributed by atoms with Crippen LogP contribution in [0, 0.1) is 23.2 Å². The van der Waals surface area contributed by atoms with Crippen molar-refractivity contribution in [2.75, 3.05) is 18.8 Å². The van der Waals surface area contributed by atoms with Crippen molar-refractivity contribution in [3.63, 3.8) is 0 Å². The minimum absolute atomic E-state index is 0.138. The third-order valence-electron chi connectivity index (χ3n) is 6.32. The molecule has 2 aliphatic carbocycles. The number of pyridine rings is 1. The van der Waals surface area contributed by atoms with E-state index in [0.29, 0.717) is 42.4 Å². The van der Waals surface area contributed by atoms with E-state index in [1.165, 1.54) is 12.3 Å². The van der Waals surface area contributed by atoms with Gasteiger partial charge in [0.05, 0.1) is 5.71 Å². The van der Waals surface area contributed by atoms with Gasteiger partial charge in [0.25, 0.3) is 0 Å². The molecule has 0 amide bonds. The summed E-state index contributed by atoms with van der Waals surface area (Å²) in [6.07, 6.45) is 4.59. The van der Waals surface area contributed by atoms with Crippen LogP contribution in [0.5, 0.6) is 5.75 Å². The number of likely N-dealkylation sites (tertiary alicyclic amines) is 1. The number of allylic oxidation sites excluding steroid dienone is 2. The molecule has 1 aliphatic heterocycles.